The summed E-state index contributed by atoms with van der Waals surface area (Å²) in [5.74, 6) is -0.557. The number of thiazole rings is 1. The highest BCUT2D eigenvalue weighted by Gasteiger charge is 2.34. The van der Waals surface area contributed by atoms with Crippen molar-refractivity contribution in [3.63, 3.8) is 0 Å². The zero-order chi connectivity index (χ0) is 16.3. The number of nitrogens with zero attached hydrogens (tertiary/aromatic N) is 1. The number of amides is 1. The largest absolute Gasteiger partial charge is 0.418 e. The van der Waals surface area contributed by atoms with Gasteiger partial charge in [-0.25, -0.2) is 4.98 Å². The topological polar surface area (TPSA) is 42.0 Å². The van der Waals surface area contributed by atoms with Crippen LogP contribution in [0.4, 0.5) is 18.9 Å². The fourth-order valence-corrected chi connectivity index (χ4v) is 3.39. The Kier molecular flexibility index (Phi) is 5.36. The number of thioether (sulfide) groups is 1. The van der Waals surface area contributed by atoms with Gasteiger partial charge in [0, 0.05) is 16.1 Å². The standard InChI is InChI=1S/C13H10ClF3N2OS2/c1-7-5-21-12(18-7)22-6-11(20)19-10-3-2-8(14)4-9(10)13(15,16)17/h2-5H,6H2,1H3,(H,19,20). The zero-order valence-electron chi connectivity index (χ0n) is 11.2. The highest BCUT2D eigenvalue weighted by molar-refractivity contribution is 8.01. The van der Waals surface area contributed by atoms with E-state index < -0.39 is 17.6 Å². The molecular formula is C13H10ClF3N2OS2. The van der Waals surface area contributed by atoms with Crippen LogP contribution in [0.5, 0.6) is 0 Å². The van der Waals surface area contributed by atoms with Gasteiger partial charge in [-0.3, -0.25) is 4.79 Å². The first-order chi connectivity index (χ1) is 10.3. The highest BCUT2D eigenvalue weighted by atomic mass is 35.5. The van der Waals surface area contributed by atoms with Crippen LogP contribution in [0.2, 0.25) is 5.02 Å². The lowest BCUT2D eigenvalue weighted by atomic mass is 10.1. The van der Waals surface area contributed by atoms with Crippen LogP contribution in [0.25, 0.3) is 0 Å². The fourth-order valence-electron chi connectivity index (χ4n) is 1.57. The number of nitrogens with one attached hydrogen (secondary N) is 1. The van der Waals surface area contributed by atoms with Gasteiger partial charge in [-0.15, -0.1) is 11.3 Å². The molecular weight excluding hydrogens is 357 g/mol. The SMILES string of the molecule is Cc1csc(SCC(=O)Nc2ccc(Cl)cc2C(F)(F)F)n1. The van der Waals surface area contributed by atoms with Crippen molar-refractivity contribution in [3.05, 3.63) is 39.9 Å². The number of hydrogen-bond donors (Lipinski definition) is 1. The summed E-state index contributed by atoms with van der Waals surface area (Å²) in [4.78, 5) is 16.0. The minimum absolute atomic E-state index is 0.0210. The Morgan fingerprint density at radius 2 is 2.18 bits per heavy atom. The second-order valence-electron chi connectivity index (χ2n) is 4.28. The predicted molar refractivity (Wildman–Crippen MR) is 82.7 cm³/mol. The van der Waals surface area contributed by atoms with Crippen LogP contribution < -0.4 is 5.32 Å². The Bertz CT molecular complexity index is 688. The molecule has 3 nitrogen and oxygen atoms in total. The van der Waals surface area contributed by atoms with Crippen LogP contribution in [-0.4, -0.2) is 16.6 Å². The van der Waals surface area contributed by atoms with Crippen molar-refractivity contribution < 1.29 is 18.0 Å². The second-order valence-corrected chi connectivity index (χ2v) is 6.80. The molecule has 1 amide bonds. The zero-order valence-corrected chi connectivity index (χ0v) is 13.6. The molecule has 0 saturated heterocycles. The molecule has 1 N–H and O–H groups in total. The monoisotopic (exact) mass is 366 g/mol. The molecule has 1 aromatic heterocycles. The smallest absolute Gasteiger partial charge is 0.325 e. The summed E-state index contributed by atoms with van der Waals surface area (Å²) in [5, 5.41) is 4.05. The summed E-state index contributed by atoms with van der Waals surface area (Å²) < 4.78 is 39.4. The molecule has 0 atom stereocenters. The van der Waals surface area contributed by atoms with Crippen molar-refractivity contribution in [2.24, 2.45) is 0 Å². The van der Waals surface area contributed by atoms with Gasteiger partial charge in [0.1, 0.15) is 0 Å². The predicted octanol–water partition coefficient (Wildman–Crippen LogP) is 4.85. The average Bonchev–Trinajstić information content (AvgIpc) is 2.83. The van der Waals surface area contributed by atoms with Crippen molar-refractivity contribution in [3.8, 4) is 0 Å². The van der Waals surface area contributed by atoms with E-state index in [4.69, 9.17) is 11.6 Å². The van der Waals surface area contributed by atoms with E-state index in [0.717, 1.165) is 17.8 Å². The van der Waals surface area contributed by atoms with Crippen LogP contribution in [-0.2, 0) is 11.0 Å². The maximum Gasteiger partial charge on any atom is 0.418 e. The van der Waals surface area contributed by atoms with Crippen molar-refractivity contribution >= 4 is 46.3 Å². The van der Waals surface area contributed by atoms with Crippen LogP contribution >= 0.6 is 34.7 Å². The Morgan fingerprint density at radius 1 is 1.45 bits per heavy atom. The number of anilines is 1. The summed E-state index contributed by atoms with van der Waals surface area (Å²) in [6.07, 6.45) is -4.59. The number of aryl methyl sites for hydroxylation is 1. The lowest BCUT2D eigenvalue weighted by molar-refractivity contribution is -0.137. The number of benzene rings is 1. The van der Waals surface area contributed by atoms with Gasteiger partial charge < -0.3 is 5.32 Å². The number of aromatic nitrogens is 1. The van der Waals surface area contributed by atoms with Gasteiger partial charge in [0.25, 0.3) is 0 Å². The minimum Gasteiger partial charge on any atom is -0.325 e. The van der Waals surface area contributed by atoms with E-state index in [-0.39, 0.29) is 16.5 Å². The highest BCUT2D eigenvalue weighted by Crippen LogP contribution is 2.36. The first-order valence-electron chi connectivity index (χ1n) is 5.97. The van der Waals surface area contributed by atoms with E-state index in [1.807, 2.05) is 12.3 Å². The molecule has 2 aromatic rings. The Morgan fingerprint density at radius 3 is 2.77 bits per heavy atom. The molecule has 1 heterocycles. The van der Waals surface area contributed by atoms with Crippen LogP contribution in [0, 0.1) is 6.92 Å². The number of alkyl halides is 3. The average molecular weight is 367 g/mol. The summed E-state index contributed by atoms with van der Waals surface area (Å²) in [6, 6.07) is 3.22. The lowest BCUT2D eigenvalue weighted by Crippen LogP contribution is -2.18. The molecule has 22 heavy (non-hydrogen) atoms. The number of hydrogen-bond acceptors (Lipinski definition) is 4. The van der Waals surface area contributed by atoms with Gasteiger partial charge in [-0.05, 0) is 25.1 Å². The van der Waals surface area contributed by atoms with Gasteiger partial charge in [0.2, 0.25) is 5.91 Å². The maximum absolute atomic E-state index is 12.9. The molecule has 0 bridgehead atoms. The third kappa shape index (κ3) is 4.62. The molecule has 0 aliphatic heterocycles. The summed E-state index contributed by atoms with van der Waals surface area (Å²) in [7, 11) is 0. The van der Waals surface area contributed by atoms with Gasteiger partial charge in [-0.1, -0.05) is 23.4 Å². The third-order valence-corrected chi connectivity index (χ3v) is 4.86. The minimum atomic E-state index is -4.59. The summed E-state index contributed by atoms with van der Waals surface area (Å²) >= 11 is 8.13. The van der Waals surface area contributed by atoms with E-state index in [1.165, 1.54) is 29.2 Å². The third-order valence-electron chi connectivity index (χ3n) is 2.49. The Labute approximate surface area is 137 Å². The molecule has 0 fully saturated rings. The Balaban J connectivity index is 2.05. The fraction of sp³-hybridized carbons (Fsp3) is 0.231. The van der Waals surface area contributed by atoms with Gasteiger partial charge >= 0.3 is 6.18 Å². The molecule has 0 aliphatic carbocycles. The normalized spacial score (nSPS) is 11.5. The summed E-state index contributed by atoms with van der Waals surface area (Å²) in [6.45, 7) is 1.82. The second kappa shape index (κ2) is 6.89. The number of halogens is 4. The molecule has 1 aromatic carbocycles. The molecule has 0 saturated carbocycles. The van der Waals surface area contributed by atoms with Gasteiger partial charge in [0.05, 0.1) is 17.0 Å². The molecule has 9 heteroatoms. The Hall–Kier alpha value is -1.25. The molecule has 0 unspecified atom stereocenters. The van der Waals surface area contributed by atoms with E-state index in [9.17, 15) is 18.0 Å². The first-order valence-corrected chi connectivity index (χ1v) is 8.21. The van der Waals surface area contributed by atoms with E-state index in [0.29, 0.717) is 4.34 Å². The maximum atomic E-state index is 12.9. The lowest BCUT2D eigenvalue weighted by Gasteiger charge is -2.13. The number of carbonyl (C=O) groups is 1. The van der Waals surface area contributed by atoms with Gasteiger partial charge in [-0.2, -0.15) is 13.2 Å². The first kappa shape index (κ1) is 17.1. The molecule has 0 aliphatic rings. The summed E-state index contributed by atoms with van der Waals surface area (Å²) in [5.41, 5.74) is -0.439. The van der Waals surface area contributed by atoms with Crippen molar-refractivity contribution in [2.45, 2.75) is 17.4 Å². The van der Waals surface area contributed by atoms with Gasteiger partial charge in [0.15, 0.2) is 4.34 Å². The molecule has 118 valence electrons. The van der Waals surface area contributed by atoms with E-state index in [1.54, 1.807) is 0 Å². The van der Waals surface area contributed by atoms with Crippen LogP contribution in [0.3, 0.4) is 0 Å². The molecule has 0 spiro atoms. The number of rotatable bonds is 4. The van der Waals surface area contributed by atoms with Crippen LogP contribution in [0.15, 0.2) is 27.9 Å². The van der Waals surface area contributed by atoms with Crippen molar-refractivity contribution in [2.75, 3.05) is 11.1 Å². The molecule has 2 rings (SSSR count). The van der Waals surface area contributed by atoms with Crippen molar-refractivity contribution in [1.82, 2.24) is 4.98 Å². The van der Waals surface area contributed by atoms with Crippen LogP contribution in [0.1, 0.15) is 11.3 Å². The van der Waals surface area contributed by atoms with E-state index >= 15 is 0 Å². The number of carbonyl (C=O) groups excluding carboxylic acids is 1. The van der Waals surface area contributed by atoms with E-state index in [2.05, 4.69) is 10.3 Å². The van der Waals surface area contributed by atoms with Crippen molar-refractivity contribution in [1.29, 1.82) is 0 Å². The quantitative estimate of drug-likeness (QED) is 0.786. The molecule has 0 radical (unpaired) electrons.